The van der Waals surface area contributed by atoms with E-state index >= 15 is 0 Å². The molecule has 112 valence electrons. The molecule has 0 bridgehead atoms. The normalized spacial score (nSPS) is 16.1. The van der Waals surface area contributed by atoms with Crippen molar-refractivity contribution in [3.05, 3.63) is 35.9 Å². The molecule has 2 rings (SSSR count). The molecule has 2 amide bonds. The molecule has 0 spiro atoms. The minimum Gasteiger partial charge on any atom is -0.497 e. The van der Waals surface area contributed by atoms with Crippen molar-refractivity contribution in [2.45, 2.75) is 12.8 Å². The molecular formula is C16H20N2O3. The van der Waals surface area contributed by atoms with E-state index in [1.807, 2.05) is 24.3 Å². The van der Waals surface area contributed by atoms with Gasteiger partial charge in [0.1, 0.15) is 5.75 Å². The molecule has 21 heavy (non-hydrogen) atoms. The molecule has 1 aromatic rings. The maximum atomic E-state index is 12.1. The first-order valence-corrected chi connectivity index (χ1v) is 7.00. The van der Waals surface area contributed by atoms with Gasteiger partial charge in [-0.2, -0.15) is 0 Å². The molecule has 1 aliphatic heterocycles. The van der Waals surface area contributed by atoms with E-state index in [0.717, 1.165) is 11.3 Å². The highest BCUT2D eigenvalue weighted by atomic mass is 16.5. The lowest BCUT2D eigenvalue weighted by molar-refractivity contribution is -0.130. The van der Waals surface area contributed by atoms with E-state index in [9.17, 15) is 9.59 Å². The molecule has 0 aromatic heterocycles. The number of ether oxygens (including phenoxy) is 1. The lowest BCUT2D eigenvalue weighted by Gasteiger charge is -2.29. The summed E-state index contributed by atoms with van der Waals surface area (Å²) in [5, 5.41) is 0. The van der Waals surface area contributed by atoms with Crippen molar-refractivity contribution in [1.29, 1.82) is 0 Å². The number of amides is 2. The number of benzene rings is 1. The van der Waals surface area contributed by atoms with Gasteiger partial charge in [-0.25, -0.2) is 0 Å². The third kappa shape index (κ3) is 4.08. The Labute approximate surface area is 124 Å². The first kappa shape index (κ1) is 15.1. The van der Waals surface area contributed by atoms with Crippen LogP contribution in [0.4, 0.5) is 0 Å². The van der Waals surface area contributed by atoms with Gasteiger partial charge in [0.25, 0.3) is 0 Å². The number of piperidine rings is 1. The number of carbonyl (C=O) groups excluding carboxylic acids is 2. The number of nitrogens with zero attached hydrogens (tertiary/aromatic N) is 1. The number of likely N-dealkylation sites (tertiary alicyclic amines) is 1. The van der Waals surface area contributed by atoms with E-state index < -0.39 is 0 Å². The second-order valence-corrected chi connectivity index (χ2v) is 5.11. The standard InChI is InChI=1S/C16H20N2O3/c1-21-14-5-2-12(3-6-14)4-7-15(19)18-10-8-13(9-11-18)16(17)20/h2-7,13H,8-11H2,1H3,(H2,17,20)/b7-4+. The summed E-state index contributed by atoms with van der Waals surface area (Å²) in [7, 11) is 1.62. The van der Waals surface area contributed by atoms with Crippen LogP contribution in [0.25, 0.3) is 6.08 Å². The summed E-state index contributed by atoms with van der Waals surface area (Å²) in [4.78, 5) is 24.9. The highest BCUT2D eigenvalue weighted by molar-refractivity contribution is 5.92. The Balaban J connectivity index is 1.89. The van der Waals surface area contributed by atoms with Gasteiger partial charge in [0.2, 0.25) is 11.8 Å². The van der Waals surface area contributed by atoms with Gasteiger partial charge in [0.15, 0.2) is 0 Å². The minimum absolute atomic E-state index is 0.0336. The fourth-order valence-corrected chi connectivity index (χ4v) is 2.37. The Morgan fingerprint density at radius 2 is 1.86 bits per heavy atom. The number of methoxy groups -OCH3 is 1. The van der Waals surface area contributed by atoms with E-state index in [0.29, 0.717) is 25.9 Å². The van der Waals surface area contributed by atoms with Crippen molar-refractivity contribution in [3.63, 3.8) is 0 Å². The fraction of sp³-hybridized carbons (Fsp3) is 0.375. The van der Waals surface area contributed by atoms with Crippen molar-refractivity contribution < 1.29 is 14.3 Å². The van der Waals surface area contributed by atoms with Crippen LogP contribution in [0.15, 0.2) is 30.3 Å². The smallest absolute Gasteiger partial charge is 0.246 e. The quantitative estimate of drug-likeness (QED) is 0.852. The maximum Gasteiger partial charge on any atom is 0.246 e. The van der Waals surface area contributed by atoms with Gasteiger partial charge in [0.05, 0.1) is 7.11 Å². The van der Waals surface area contributed by atoms with E-state index in [1.165, 1.54) is 0 Å². The molecule has 0 atom stereocenters. The zero-order valence-electron chi connectivity index (χ0n) is 12.1. The molecule has 0 saturated carbocycles. The molecule has 0 aliphatic carbocycles. The van der Waals surface area contributed by atoms with Crippen LogP contribution in [0.1, 0.15) is 18.4 Å². The maximum absolute atomic E-state index is 12.1. The highest BCUT2D eigenvalue weighted by Gasteiger charge is 2.24. The van der Waals surface area contributed by atoms with Gasteiger partial charge in [-0.15, -0.1) is 0 Å². The van der Waals surface area contributed by atoms with Crippen LogP contribution < -0.4 is 10.5 Å². The molecule has 1 aromatic carbocycles. The molecule has 1 saturated heterocycles. The average Bonchev–Trinajstić information content (AvgIpc) is 2.53. The van der Waals surface area contributed by atoms with Crippen LogP contribution in [0, 0.1) is 5.92 Å². The van der Waals surface area contributed by atoms with Crippen molar-refractivity contribution in [1.82, 2.24) is 4.90 Å². The SMILES string of the molecule is COc1ccc(/C=C/C(=O)N2CCC(C(N)=O)CC2)cc1. The molecule has 1 aliphatic rings. The van der Waals surface area contributed by atoms with Gasteiger partial charge >= 0.3 is 0 Å². The largest absolute Gasteiger partial charge is 0.497 e. The number of rotatable bonds is 4. The molecule has 0 radical (unpaired) electrons. The first-order valence-electron chi connectivity index (χ1n) is 7.00. The monoisotopic (exact) mass is 288 g/mol. The number of nitrogens with two attached hydrogens (primary N) is 1. The summed E-state index contributed by atoms with van der Waals surface area (Å²) < 4.78 is 5.08. The fourth-order valence-electron chi connectivity index (χ4n) is 2.37. The van der Waals surface area contributed by atoms with Gasteiger partial charge in [-0.05, 0) is 36.6 Å². The molecule has 1 fully saturated rings. The number of carbonyl (C=O) groups is 2. The summed E-state index contributed by atoms with van der Waals surface area (Å²) >= 11 is 0. The lowest BCUT2D eigenvalue weighted by Crippen LogP contribution is -2.41. The van der Waals surface area contributed by atoms with Gasteiger partial charge in [0, 0.05) is 25.1 Å². The first-order chi connectivity index (χ1) is 10.1. The topological polar surface area (TPSA) is 72.6 Å². The predicted molar refractivity (Wildman–Crippen MR) is 80.5 cm³/mol. The van der Waals surface area contributed by atoms with E-state index in [4.69, 9.17) is 10.5 Å². The zero-order valence-corrected chi connectivity index (χ0v) is 12.1. The second kappa shape index (κ2) is 6.92. The van der Waals surface area contributed by atoms with Crippen molar-refractivity contribution >= 4 is 17.9 Å². The van der Waals surface area contributed by atoms with Gasteiger partial charge < -0.3 is 15.4 Å². The van der Waals surface area contributed by atoms with E-state index in [2.05, 4.69) is 0 Å². The Kier molecular flexibility index (Phi) is 4.98. The predicted octanol–water partition coefficient (Wildman–Crippen LogP) is 1.43. The Hall–Kier alpha value is -2.30. The minimum atomic E-state index is -0.268. The molecule has 0 unspecified atom stereocenters. The Morgan fingerprint density at radius 1 is 1.24 bits per heavy atom. The summed E-state index contributed by atoms with van der Waals surface area (Å²) in [6, 6.07) is 7.48. The van der Waals surface area contributed by atoms with E-state index in [1.54, 1.807) is 24.2 Å². The molecule has 5 heteroatoms. The van der Waals surface area contributed by atoms with Crippen LogP contribution in [0.2, 0.25) is 0 Å². The number of hydrogen-bond acceptors (Lipinski definition) is 3. The highest BCUT2D eigenvalue weighted by Crippen LogP contribution is 2.17. The summed E-state index contributed by atoms with van der Waals surface area (Å²) in [5.74, 6) is 0.385. The molecule has 5 nitrogen and oxygen atoms in total. The second-order valence-electron chi connectivity index (χ2n) is 5.11. The third-order valence-electron chi connectivity index (χ3n) is 3.74. The number of hydrogen-bond donors (Lipinski definition) is 1. The summed E-state index contributed by atoms with van der Waals surface area (Å²) in [6.45, 7) is 1.17. The van der Waals surface area contributed by atoms with Gasteiger partial charge in [-0.3, -0.25) is 9.59 Å². The average molecular weight is 288 g/mol. The summed E-state index contributed by atoms with van der Waals surface area (Å²) in [5.41, 5.74) is 6.22. The van der Waals surface area contributed by atoms with Crippen molar-refractivity contribution in [2.24, 2.45) is 11.7 Å². The van der Waals surface area contributed by atoms with Gasteiger partial charge in [-0.1, -0.05) is 12.1 Å². The van der Waals surface area contributed by atoms with E-state index in [-0.39, 0.29) is 17.7 Å². The lowest BCUT2D eigenvalue weighted by atomic mass is 9.96. The van der Waals surface area contributed by atoms with Crippen LogP contribution >= 0.6 is 0 Å². The molecule has 2 N–H and O–H groups in total. The van der Waals surface area contributed by atoms with Crippen LogP contribution in [-0.4, -0.2) is 36.9 Å². The third-order valence-corrected chi connectivity index (χ3v) is 3.74. The Morgan fingerprint density at radius 3 is 2.38 bits per heavy atom. The molecular weight excluding hydrogens is 268 g/mol. The summed E-state index contributed by atoms with van der Waals surface area (Å²) in [6.07, 6.45) is 4.64. The number of primary amides is 1. The van der Waals surface area contributed by atoms with Crippen molar-refractivity contribution in [3.8, 4) is 5.75 Å². The van der Waals surface area contributed by atoms with Crippen LogP contribution in [0.5, 0.6) is 5.75 Å². The van der Waals surface area contributed by atoms with Crippen LogP contribution in [0.3, 0.4) is 0 Å². The van der Waals surface area contributed by atoms with Crippen LogP contribution in [-0.2, 0) is 9.59 Å². The van der Waals surface area contributed by atoms with Crippen molar-refractivity contribution in [2.75, 3.05) is 20.2 Å². The zero-order chi connectivity index (χ0) is 15.2. The Bertz CT molecular complexity index is 529. The molecule has 1 heterocycles.